The number of carbonyl (C=O) groups is 1. The molecule has 142 valence electrons. The molecular weight excluding hydrogens is 321 g/mol. The lowest BCUT2D eigenvalue weighted by molar-refractivity contribution is -0.419. The number of Topliss-reactive ketones (excluding diaryl/α,β-unsaturated/α-hetero) is 1. The van der Waals surface area contributed by atoms with E-state index in [9.17, 15) is 19.3 Å². The van der Waals surface area contributed by atoms with Crippen LogP contribution < -0.4 is 0 Å². The first kappa shape index (κ1) is 30.3. The minimum Gasteiger partial charge on any atom is -0.289 e. The highest BCUT2D eigenvalue weighted by Crippen LogP contribution is 2.13. The molecule has 0 aromatic carbocycles. The van der Waals surface area contributed by atoms with Crippen molar-refractivity contribution in [1.82, 2.24) is 0 Å². The van der Waals surface area contributed by atoms with Gasteiger partial charge in [0.15, 0.2) is 5.78 Å². The van der Waals surface area contributed by atoms with Gasteiger partial charge in [-0.3, -0.25) is 19.3 Å². The Morgan fingerprint density at radius 3 is 1.80 bits per heavy atom. The molecule has 0 radical (unpaired) electrons. The zero-order valence-electron chi connectivity index (χ0n) is 16.5. The van der Waals surface area contributed by atoms with Gasteiger partial charge < -0.3 is 0 Å². The Balaban J connectivity index is -0.000000329. The summed E-state index contributed by atoms with van der Waals surface area (Å²) in [5.41, 5.74) is 0.418. The normalized spacial score (nSPS) is 11.0. The molecule has 0 aliphatic carbocycles. The number of nitro groups is 1. The molecule has 0 saturated carbocycles. The van der Waals surface area contributed by atoms with Crippen molar-refractivity contribution in [3.8, 4) is 0 Å². The van der Waals surface area contributed by atoms with Gasteiger partial charge in [0.05, 0.1) is 12.1 Å². The van der Waals surface area contributed by atoms with Gasteiger partial charge in [-0.05, 0) is 19.9 Å². The first-order valence-electron chi connectivity index (χ1n) is 8.04. The van der Waals surface area contributed by atoms with Crippen LogP contribution in [0.3, 0.4) is 0 Å². The first-order valence-corrected chi connectivity index (χ1v) is 8.04. The minimum absolute atomic E-state index is 0.136. The molecule has 0 aliphatic heterocycles. The molecule has 0 heterocycles. The molecular formula is C20H32FNO3. The summed E-state index contributed by atoms with van der Waals surface area (Å²) in [6, 6.07) is 0. The highest BCUT2D eigenvalue weighted by atomic mass is 19.1. The topological polar surface area (TPSA) is 60.2 Å². The van der Waals surface area contributed by atoms with E-state index in [4.69, 9.17) is 0 Å². The molecule has 0 unspecified atom stereocenters. The molecule has 0 aliphatic rings. The second-order valence-electron chi connectivity index (χ2n) is 3.46. The summed E-state index contributed by atoms with van der Waals surface area (Å²) in [4.78, 5) is 22.4. The predicted octanol–water partition coefficient (Wildman–Crippen LogP) is 6.18. The summed E-state index contributed by atoms with van der Waals surface area (Å²) in [5.74, 6) is -0.339. The molecule has 5 heteroatoms. The van der Waals surface area contributed by atoms with Gasteiger partial charge in [-0.2, -0.15) is 0 Å². The Morgan fingerprint density at radius 2 is 1.52 bits per heavy atom. The summed E-state index contributed by atoms with van der Waals surface area (Å²) in [6.45, 7) is 18.3. The van der Waals surface area contributed by atoms with Gasteiger partial charge in [0.1, 0.15) is 0 Å². The third-order valence-electron chi connectivity index (χ3n) is 2.20. The quantitative estimate of drug-likeness (QED) is 0.238. The standard InChI is InChI=1S/C15H17NO3.2C2H6.CH3F/c1-5-9-12(7-3)15(17)13(10-6-2)11-14(8-4)16(18)19;3*1-2/h5-11H,1,3H2,2,4H3;2*1-2H3;1H3/b10-6-,12-9+,13-11+,14-8+;;;. The second kappa shape index (κ2) is 23.7. The summed E-state index contributed by atoms with van der Waals surface area (Å²) < 4.78 is 9.50. The Labute approximate surface area is 152 Å². The first-order chi connectivity index (χ1) is 12.0. The average Bonchev–Trinajstić information content (AvgIpc) is 2.67. The Bertz CT molecular complexity index is 513. The lowest BCUT2D eigenvalue weighted by Gasteiger charge is -2.02. The summed E-state index contributed by atoms with van der Waals surface area (Å²) in [6.07, 6.45) is 10.1. The molecule has 0 atom stereocenters. The van der Waals surface area contributed by atoms with Crippen LogP contribution in [-0.2, 0) is 4.79 Å². The van der Waals surface area contributed by atoms with Crippen LogP contribution in [0.1, 0.15) is 41.5 Å². The maximum atomic E-state index is 12.2. The van der Waals surface area contributed by atoms with Gasteiger partial charge in [0.2, 0.25) is 0 Å². The fourth-order valence-electron chi connectivity index (χ4n) is 1.30. The number of alkyl halides is 1. The van der Waals surface area contributed by atoms with Crippen LogP contribution in [0.4, 0.5) is 4.39 Å². The second-order valence-corrected chi connectivity index (χ2v) is 3.46. The zero-order chi connectivity index (χ0) is 20.8. The smallest absolute Gasteiger partial charge is 0.265 e. The number of ketones is 1. The molecule has 0 aromatic rings. The number of hydrogen-bond acceptors (Lipinski definition) is 3. The van der Waals surface area contributed by atoms with Crippen molar-refractivity contribution in [3.63, 3.8) is 0 Å². The predicted molar refractivity (Wildman–Crippen MR) is 107 cm³/mol. The van der Waals surface area contributed by atoms with E-state index in [2.05, 4.69) is 13.2 Å². The average molecular weight is 353 g/mol. The van der Waals surface area contributed by atoms with Crippen molar-refractivity contribution in [2.24, 2.45) is 0 Å². The fourth-order valence-corrected chi connectivity index (χ4v) is 1.30. The van der Waals surface area contributed by atoms with Crippen molar-refractivity contribution in [1.29, 1.82) is 0 Å². The third kappa shape index (κ3) is 14.7. The largest absolute Gasteiger partial charge is 0.289 e. The molecule has 0 amide bonds. The van der Waals surface area contributed by atoms with Gasteiger partial charge in [-0.1, -0.05) is 71.2 Å². The van der Waals surface area contributed by atoms with Gasteiger partial charge in [0.25, 0.3) is 5.70 Å². The lowest BCUT2D eigenvalue weighted by atomic mass is 10.0. The van der Waals surface area contributed by atoms with E-state index in [1.54, 1.807) is 19.9 Å². The Morgan fingerprint density at radius 1 is 1.04 bits per heavy atom. The van der Waals surface area contributed by atoms with Crippen LogP contribution in [0, 0.1) is 10.1 Å². The van der Waals surface area contributed by atoms with E-state index >= 15 is 0 Å². The van der Waals surface area contributed by atoms with Crippen LogP contribution in [0.25, 0.3) is 0 Å². The van der Waals surface area contributed by atoms with E-state index in [0.29, 0.717) is 12.8 Å². The van der Waals surface area contributed by atoms with Crippen molar-refractivity contribution in [2.75, 3.05) is 7.18 Å². The van der Waals surface area contributed by atoms with Crippen molar-refractivity contribution < 1.29 is 14.1 Å². The molecule has 0 aromatic heterocycles. The van der Waals surface area contributed by atoms with E-state index in [-0.39, 0.29) is 17.1 Å². The SMILES string of the molecule is C=C/C=C(\C=C)C(=O)C(/C=C\C)=C/C(=C\C)[N+](=O)[O-].CC.CC.CF. The number of allylic oxidation sites excluding steroid dienone is 9. The fraction of sp³-hybridized carbons (Fsp3) is 0.350. The van der Waals surface area contributed by atoms with Gasteiger partial charge in [-0.25, -0.2) is 0 Å². The number of hydrogen-bond donors (Lipinski definition) is 0. The molecule has 0 saturated heterocycles. The molecule has 0 N–H and O–H groups in total. The molecule has 0 bridgehead atoms. The minimum atomic E-state index is -0.540. The van der Waals surface area contributed by atoms with Crippen LogP contribution in [0.2, 0.25) is 0 Å². The molecule has 25 heavy (non-hydrogen) atoms. The maximum absolute atomic E-state index is 12.2. The zero-order valence-corrected chi connectivity index (χ0v) is 16.5. The summed E-state index contributed by atoms with van der Waals surface area (Å²) in [7, 11) is 0.500. The third-order valence-corrected chi connectivity index (χ3v) is 2.20. The van der Waals surface area contributed by atoms with E-state index in [1.807, 2.05) is 27.7 Å². The lowest BCUT2D eigenvalue weighted by Crippen LogP contribution is -2.05. The van der Waals surface area contributed by atoms with E-state index in [0.717, 1.165) is 0 Å². The van der Waals surface area contributed by atoms with E-state index in [1.165, 1.54) is 36.5 Å². The van der Waals surface area contributed by atoms with Crippen LogP contribution in [0.5, 0.6) is 0 Å². The van der Waals surface area contributed by atoms with Crippen molar-refractivity contribution in [3.05, 3.63) is 82.6 Å². The van der Waals surface area contributed by atoms with Gasteiger partial charge in [-0.15, -0.1) is 0 Å². The molecule has 4 nitrogen and oxygen atoms in total. The number of halogens is 1. The highest BCUT2D eigenvalue weighted by molar-refractivity contribution is 6.12. The number of rotatable bonds is 7. The van der Waals surface area contributed by atoms with Crippen molar-refractivity contribution >= 4 is 5.78 Å². The Hall–Kier alpha value is -2.56. The highest BCUT2D eigenvalue weighted by Gasteiger charge is 2.14. The summed E-state index contributed by atoms with van der Waals surface area (Å²) >= 11 is 0. The van der Waals surface area contributed by atoms with E-state index < -0.39 is 4.92 Å². The molecule has 0 spiro atoms. The monoisotopic (exact) mass is 353 g/mol. The van der Waals surface area contributed by atoms with Crippen molar-refractivity contribution in [2.45, 2.75) is 41.5 Å². The number of nitrogens with zero attached hydrogens (tertiary/aromatic N) is 1. The maximum Gasteiger partial charge on any atom is 0.265 e. The summed E-state index contributed by atoms with van der Waals surface area (Å²) in [5, 5.41) is 10.8. The number of carbonyl (C=O) groups excluding carboxylic acids is 1. The van der Waals surface area contributed by atoms with Gasteiger partial charge >= 0.3 is 0 Å². The molecule has 0 rings (SSSR count). The van der Waals surface area contributed by atoms with Crippen LogP contribution >= 0.6 is 0 Å². The van der Waals surface area contributed by atoms with Gasteiger partial charge in [0, 0.05) is 17.2 Å². The van der Waals surface area contributed by atoms with Crippen LogP contribution in [-0.4, -0.2) is 17.9 Å². The Kier molecular flexibility index (Phi) is 28.8. The van der Waals surface area contributed by atoms with Crippen LogP contribution in [0.15, 0.2) is 72.5 Å². The molecule has 0 fully saturated rings.